The van der Waals surface area contributed by atoms with E-state index in [1.54, 1.807) is 25.4 Å². The molecule has 0 radical (unpaired) electrons. The monoisotopic (exact) mass is 356 g/mol. The van der Waals surface area contributed by atoms with Crippen molar-refractivity contribution in [3.63, 3.8) is 0 Å². The first-order valence-electron chi connectivity index (χ1n) is 9.01. The highest BCUT2D eigenvalue weighted by Gasteiger charge is 2.31. The van der Waals surface area contributed by atoms with Crippen LogP contribution in [0.25, 0.3) is 0 Å². The maximum Gasteiger partial charge on any atom is 0.227 e. The number of ether oxygens (including phenoxy) is 1. The van der Waals surface area contributed by atoms with Crippen LogP contribution in [0.2, 0.25) is 0 Å². The molecule has 0 unspecified atom stereocenters. The van der Waals surface area contributed by atoms with Crippen molar-refractivity contribution < 1.29 is 13.9 Å². The summed E-state index contributed by atoms with van der Waals surface area (Å²) in [7, 11) is 1.71. The van der Waals surface area contributed by atoms with E-state index in [9.17, 15) is 9.18 Å². The van der Waals surface area contributed by atoms with Gasteiger partial charge in [-0.1, -0.05) is 12.1 Å². The second-order valence-electron chi connectivity index (χ2n) is 6.98. The molecule has 2 heterocycles. The van der Waals surface area contributed by atoms with Crippen molar-refractivity contribution in [1.29, 1.82) is 0 Å². The van der Waals surface area contributed by atoms with Crippen LogP contribution >= 0.6 is 0 Å². The van der Waals surface area contributed by atoms with Gasteiger partial charge in [0.2, 0.25) is 5.91 Å². The van der Waals surface area contributed by atoms with Crippen molar-refractivity contribution in [2.75, 3.05) is 20.2 Å². The minimum absolute atomic E-state index is 0.0884. The first-order chi connectivity index (χ1) is 12.5. The third-order valence-corrected chi connectivity index (χ3v) is 5.02. The molecule has 1 aliphatic heterocycles. The smallest absolute Gasteiger partial charge is 0.227 e. The van der Waals surface area contributed by atoms with Crippen molar-refractivity contribution in [1.82, 2.24) is 9.88 Å². The molecule has 1 aromatic carbocycles. The van der Waals surface area contributed by atoms with Crippen molar-refractivity contribution in [2.45, 2.75) is 32.3 Å². The summed E-state index contributed by atoms with van der Waals surface area (Å²) < 4.78 is 19.1. The van der Waals surface area contributed by atoms with Gasteiger partial charge in [-0.25, -0.2) is 4.39 Å². The molecule has 1 saturated heterocycles. The van der Waals surface area contributed by atoms with Crippen LogP contribution in [0, 0.1) is 18.7 Å². The lowest BCUT2D eigenvalue weighted by molar-refractivity contribution is -0.134. The van der Waals surface area contributed by atoms with Crippen molar-refractivity contribution in [3.05, 3.63) is 65.2 Å². The van der Waals surface area contributed by atoms with Gasteiger partial charge in [0.1, 0.15) is 5.82 Å². The van der Waals surface area contributed by atoms with E-state index in [4.69, 9.17) is 4.74 Å². The fourth-order valence-corrected chi connectivity index (χ4v) is 3.71. The first kappa shape index (κ1) is 18.5. The fourth-order valence-electron chi connectivity index (χ4n) is 3.71. The molecule has 3 rings (SSSR count). The van der Waals surface area contributed by atoms with Crippen LogP contribution in [0.5, 0.6) is 0 Å². The lowest BCUT2D eigenvalue weighted by atomic mass is 9.88. The number of rotatable bonds is 5. The molecule has 1 aliphatic rings. The average molecular weight is 356 g/mol. The molecule has 0 bridgehead atoms. The van der Waals surface area contributed by atoms with Crippen LogP contribution in [-0.2, 0) is 22.4 Å². The van der Waals surface area contributed by atoms with Gasteiger partial charge in [-0.3, -0.25) is 9.78 Å². The van der Waals surface area contributed by atoms with Crippen LogP contribution < -0.4 is 0 Å². The molecule has 4 nitrogen and oxygen atoms in total. The number of likely N-dealkylation sites (tertiary alicyclic amines) is 1. The van der Waals surface area contributed by atoms with Gasteiger partial charge in [0.25, 0.3) is 0 Å². The number of hydrogen-bond donors (Lipinski definition) is 0. The molecule has 5 heteroatoms. The van der Waals surface area contributed by atoms with E-state index in [0.717, 1.165) is 23.2 Å². The van der Waals surface area contributed by atoms with E-state index in [0.29, 0.717) is 25.9 Å². The number of amides is 1. The summed E-state index contributed by atoms with van der Waals surface area (Å²) in [5.74, 6) is 0.0568. The lowest BCUT2D eigenvalue weighted by Crippen LogP contribution is -2.47. The summed E-state index contributed by atoms with van der Waals surface area (Å²) >= 11 is 0. The molecule has 1 amide bonds. The third kappa shape index (κ3) is 4.67. The van der Waals surface area contributed by atoms with Crippen LogP contribution in [0.4, 0.5) is 4.39 Å². The highest BCUT2D eigenvalue weighted by Crippen LogP contribution is 2.24. The largest absolute Gasteiger partial charge is 0.381 e. The fraction of sp³-hybridized carbons (Fsp3) is 0.429. The number of pyridine rings is 1. The van der Waals surface area contributed by atoms with Crippen molar-refractivity contribution >= 4 is 5.91 Å². The van der Waals surface area contributed by atoms with Crippen LogP contribution in [0.15, 0.2) is 42.6 Å². The Hall–Kier alpha value is -2.27. The summed E-state index contributed by atoms with van der Waals surface area (Å²) in [6.07, 6.45) is 3.71. The number of nitrogens with zero attached hydrogens (tertiary/aromatic N) is 2. The second kappa shape index (κ2) is 8.41. The SMILES string of the molecule is CO[C@H]1CCN(C(=O)Cc2ccnc(C)c2)C[C@H]1Cc1cccc(F)c1. The number of aromatic nitrogens is 1. The summed E-state index contributed by atoms with van der Waals surface area (Å²) in [4.78, 5) is 18.8. The van der Waals surface area contributed by atoms with E-state index >= 15 is 0 Å². The topological polar surface area (TPSA) is 42.4 Å². The van der Waals surface area contributed by atoms with Gasteiger partial charge < -0.3 is 9.64 Å². The summed E-state index contributed by atoms with van der Waals surface area (Å²) in [5.41, 5.74) is 2.84. The molecule has 0 N–H and O–H groups in total. The molecular formula is C21H25FN2O2. The Bertz CT molecular complexity index is 765. The Morgan fingerprint density at radius 1 is 1.31 bits per heavy atom. The number of halogens is 1. The van der Waals surface area contributed by atoms with Crippen LogP contribution in [-0.4, -0.2) is 42.1 Å². The second-order valence-corrected chi connectivity index (χ2v) is 6.98. The Morgan fingerprint density at radius 2 is 2.15 bits per heavy atom. The van der Waals surface area contributed by atoms with E-state index in [-0.39, 0.29) is 23.7 Å². The van der Waals surface area contributed by atoms with E-state index in [2.05, 4.69) is 4.98 Å². The van der Waals surface area contributed by atoms with Crippen molar-refractivity contribution in [2.24, 2.45) is 5.92 Å². The average Bonchev–Trinajstić information content (AvgIpc) is 2.61. The van der Waals surface area contributed by atoms with Gasteiger partial charge in [0.05, 0.1) is 12.5 Å². The minimum atomic E-state index is -0.228. The maximum atomic E-state index is 13.5. The van der Waals surface area contributed by atoms with Crippen LogP contribution in [0.3, 0.4) is 0 Å². The number of piperidine rings is 1. The number of carbonyl (C=O) groups excluding carboxylic acids is 1. The summed E-state index contributed by atoms with van der Waals surface area (Å²) in [6.45, 7) is 3.26. The maximum absolute atomic E-state index is 13.5. The predicted octanol–water partition coefficient (Wildman–Crippen LogP) is 3.18. The Labute approximate surface area is 154 Å². The summed E-state index contributed by atoms with van der Waals surface area (Å²) in [6, 6.07) is 10.5. The Morgan fingerprint density at radius 3 is 2.88 bits per heavy atom. The molecule has 0 saturated carbocycles. The molecular weight excluding hydrogens is 331 g/mol. The molecule has 2 aromatic rings. The molecule has 0 aliphatic carbocycles. The van der Waals surface area contributed by atoms with Gasteiger partial charge in [-0.15, -0.1) is 0 Å². The van der Waals surface area contributed by atoms with Gasteiger partial charge in [0.15, 0.2) is 0 Å². The predicted molar refractivity (Wildman–Crippen MR) is 98.3 cm³/mol. The first-order valence-corrected chi connectivity index (χ1v) is 9.01. The Balaban J connectivity index is 1.67. The normalized spacial score (nSPS) is 20.2. The van der Waals surface area contributed by atoms with Gasteiger partial charge in [-0.05, 0) is 55.2 Å². The number of methoxy groups -OCH3 is 1. The molecule has 1 fully saturated rings. The Kier molecular flexibility index (Phi) is 5.99. The van der Waals surface area contributed by atoms with E-state index in [1.807, 2.05) is 30.0 Å². The highest BCUT2D eigenvalue weighted by molar-refractivity contribution is 5.78. The zero-order valence-corrected chi connectivity index (χ0v) is 15.3. The molecule has 0 spiro atoms. The van der Waals surface area contributed by atoms with Crippen molar-refractivity contribution in [3.8, 4) is 0 Å². The molecule has 26 heavy (non-hydrogen) atoms. The van der Waals surface area contributed by atoms with Gasteiger partial charge >= 0.3 is 0 Å². The molecule has 1 aromatic heterocycles. The molecule has 2 atom stereocenters. The number of carbonyl (C=O) groups is 1. The van der Waals surface area contributed by atoms with Gasteiger partial charge in [-0.2, -0.15) is 0 Å². The standard InChI is InChI=1S/C21H25FN2O2/c1-15-10-17(6-8-23-15)13-21(25)24-9-7-20(26-2)18(14-24)11-16-4-3-5-19(22)12-16/h3-6,8,10,12,18,20H,7,9,11,13-14H2,1-2H3/t18-,20+/m1/s1. The number of aryl methyl sites for hydroxylation is 1. The van der Waals surface area contributed by atoms with Crippen LogP contribution in [0.1, 0.15) is 23.2 Å². The van der Waals surface area contributed by atoms with E-state index in [1.165, 1.54) is 6.07 Å². The molecule has 138 valence electrons. The number of benzene rings is 1. The lowest BCUT2D eigenvalue weighted by Gasteiger charge is -2.38. The van der Waals surface area contributed by atoms with E-state index < -0.39 is 0 Å². The highest BCUT2D eigenvalue weighted by atomic mass is 19.1. The summed E-state index contributed by atoms with van der Waals surface area (Å²) in [5, 5.41) is 0. The van der Waals surface area contributed by atoms with Gasteiger partial charge in [0, 0.05) is 38.0 Å². The zero-order chi connectivity index (χ0) is 18.5. The minimum Gasteiger partial charge on any atom is -0.381 e. The number of hydrogen-bond acceptors (Lipinski definition) is 3. The third-order valence-electron chi connectivity index (χ3n) is 5.02. The quantitative estimate of drug-likeness (QED) is 0.826. The zero-order valence-electron chi connectivity index (χ0n) is 15.3.